The van der Waals surface area contributed by atoms with Gasteiger partial charge in [-0.3, -0.25) is 25.1 Å². The predicted molar refractivity (Wildman–Crippen MR) is 127 cm³/mol. The molecule has 0 bridgehead atoms. The minimum atomic E-state index is -0.565. The Hall–Kier alpha value is -3.69. The second kappa shape index (κ2) is 9.43. The smallest absolute Gasteiger partial charge is 0.282 e. The molecule has 0 spiro atoms. The van der Waals surface area contributed by atoms with Crippen molar-refractivity contribution in [3.8, 4) is 5.75 Å². The zero-order valence-electron chi connectivity index (χ0n) is 16.8. The van der Waals surface area contributed by atoms with E-state index in [2.05, 4.69) is 21.4 Å². The number of carbonyl (C=O) groups excluding carboxylic acids is 2. The number of benzene rings is 3. The highest BCUT2D eigenvalue weighted by Gasteiger charge is 2.34. The lowest BCUT2D eigenvalue weighted by molar-refractivity contribution is -0.384. The van der Waals surface area contributed by atoms with Crippen molar-refractivity contribution in [3.05, 3.63) is 103 Å². The Morgan fingerprint density at radius 2 is 1.85 bits per heavy atom. The molecule has 0 atom stereocenters. The SMILES string of the molecule is O=C1NN(c2ccccc2)C(=O)/C1=C\c1cc(Cl)cc(Br)c1OCc1cccc([N+](=O)[O-])c1. The summed E-state index contributed by atoms with van der Waals surface area (Å²) in [5.41, 5.74) is 3.90. The van der Waals surface area contributed by atoms with Crippen molar-refractivity contribution >= 4 is 56.8 Å². The molecule has 1 fully saturated rings. The third-order valence-electron chi connectivity index (χ3n) is 4.75. The quantitative estimate of drug-likeness (QED) is 0.209. The van der Waals surface area contributed by atoms with E-state index in [1.54, 1.807) is 54.6 Å². The van der Waals surface area contributed by atoms with Gasteiger partial charge < -0.3 is 4.74 Å². The lowest BCUT2D eigenvalue weighted by atomic mass is 10.1. The first-order chi connectivity index (χ1) is 15.8. The highest BCUT2D eigenvalue weighted by atomic mass is 79.9. The van der Waals surface area contributed by atoms with Crippen LogP contribution in [0.3, 0.4) is 0 Å². The van der Waals surface area contributed by atoms with Gasteiger partial charge in [0.1, 0.15) is 17.9 Å². The van der Waals surface area contributed by atoms with E-state index in [0.29, 0.717) is 32.1 Å². The van der Waals surface area contributed by atoms with Crippen molar-refractivity contribution in [1.82, 2.24) is 5.43 Å². The summed E-state index contributed by atoms with van der Waals surface area (Å²) in [6, 6.07) is 17.9. The van der Waals surface area contributed by atoms with Crippen LogP contribution in [0.25, 0.3) is 6.08 Å². The van der Waals surface area contributed by atoms with Crippen LogP contribution in [0.15, 0.2) is 76.8 Å². The first-order valence-corrected chi connectivity index (χ1v) is 10.8. The second-order valence-electron chi connectivity index (χ2n) is 7.00. The number of hydrogen-bond acceptors (Lipinski definition) is 5. The number of non-ortho nitro benzene ring substituents is 1. The lowest BCUT2D eigenvalue weighted by Gasteiger charge is -2.14. The number of halogens is 2. The van der Waals surface area contributed by atoms with Gasteiger partial charge in [-0.2, -0.15) is 0 Å². The van der Waals surface area contributed by atoms with E-state index in [1.165, 1.54) is 18.2 Å². The Balaban J connectivity index is 1.65. The minimum Gasteiger partial charge on any atom is -0.487 e. The van der Waals surface area contributed by atoms with Crippen molar-refractivity contribution in [2.24, 2.45) is 0 Å². The Labute approximate surface area is 201 Å². The fraction of sp³-hybridized carbons (Fsp3) is 0.0435. The molecule has 1 N–H and O–H groups in total. The van der Waals surface area contributed by atoms with Crippen molar-refractivity contribution in [1.29, 1.82) is 0 Å². The van der Waals surface area contributed by atoms with E-state index in [1.807, 2.05) is 0 Å². The first-order valence-electron chi connectivity index (χ1n) is 9.61. The van der Waals surface area contributed by atoms with Gasteiger partial charge in [0.05, 0.1) is 15.1 Å². The third-order valence-corrected chi connectivity index (χ3v) is 5.55. The number of amides is 2. The molecule has 1 aliphatic rings. The van der Waals surface area contributed by atoms with Crippen molar-refractivity contribution in [3.63, 3.8) is 0 Å². The summed E-state index contributed by atoms with van der Waals surface area (Å²) in [5, 5.41) is 12.5. The highest BCUT2D eigenvalue weighted by molar-refractivity contribution is 9.10. The maximum Gasteiger partial charge on any atom is 0.282 e. The van der Waals surface area contributed by atoms with Crippen LogP contribution in [0, 0.1) is 10.1 Å². The minimum absolute atomic E-state index is 0.0222. The van der Waals surface area contributed by atoms with E-state index in [0.717, 1.165) is 5.01 Å². The summed E-state index contributed by atoms with van der Waals surface area (Å²) >= 11 is 9.59. The average molecular weight is 529 g/mol. The van der Waals surface area contributed by atoms with Gasteiger partial charge in [0.15, 0.2) is 0 Å². The summed E-state index contributed by atoms with van der Waals surface area (Å²) in [5.74, 6) is -0.756. The number of ether oxygens (including phenoxy) is 1. The highest BCUT2D eigenvalue weighted by Crippen LogP contribution is 2.35. The van der Waals surface area contributed by atoms with Gasteiger partial charge in [-0.05, 0) is 51.8 Å². The van der Waals surface area contributed by atoms with Crippen LogP contribution in [0.5, 0.6) is 5.75 Å². The molecule has 0 aliphatic carbocycles. The molecule has 10 heteroatoms. The van der Waals surface area contributed by atoms with E-state index in [4.69, 9.17) is 16.3 Å². The van der Waals surface area contributed by atoms with E-state index in [9.17, 15) is 19.7 Å². The van der Waals surface area contributed by atoms with Gasteiger partial charge in [-0.15, -0.1) is 0 Å². The van der Waals surface area contributed by atoms with Gasteiger partial charge in [-0.25, -0.2) is 5.01 Å². The molecule has 0 unspecified atom stereocenters. The number of nitrogens with zero attached hydrogens (tertiary/aromatic N) is 2. The van der Waals surface area contributed by atoms with Crippen LogP contribution in [0.4, 0.5) is 11.4 Å². The Bertz CT molecular complexity index is 1300. The van der Waals surface area contributed by atoms with Gasteiger partial charge in [0, 0.05) is 22.7 Å². The van der Waals surface area contributed by atoms with Crippen LogP contribution < -0.4 is 15.2 Å². The molecule has 0 aromatic heterocycles. The second-order valence-corrected chi connectivity index (χ2v) is 8.29. The molecule has 8 nitrogen and oxygen atoms in total. The van der Waals surface area contributed by atoms with Crippen LogP contribution in [0.1, 0.15) is 11.1 Å². The van der Waals surface area contributed by atoms with Crippen LogP contribution in [-0.4, -0.2) is 16.7 Å². The van der Waals surface area contributed by atoms with Gasteiger partial charge in [0.25, 0.3) is 17.5 Å². The van der Waals surface area contributed by atoms with E-state index < -0.39 is 16.7 Å². The van der Waals surface area contributed by atoms with E-state index >= 15 is 0 Å². The number of rotatable bonds is 6. The molecule has 0 saturated carbocycles. The number of nitro benzene ring substituents is 1. The number of nitrogens with one attached hydrogen (secondary N) is 1. The summed E-state index contributed by atoms with van der Waals surface area (Å²) in [6.07, 6.45) is 1.40. The summed E-state index contributed by atoms with van der Waals surface area (Å²) in [7, 11) is 0. The molecular weight excluding hydrogens is 514 g/mol. The fourth-order valence-electron chi connectivity index (χ4n) is 3.23. The molecule has 166 valence electrons. The normalized spacial score (nSPS) is 14.5. The molecule has 1 aliphatic heterocycles. The molecule has 0 radical (unpaired) electrons. The molecule has 3 aromatic rings. The molecule has 33 heavy (non-hydrogen) atoms. The number of hydrogen-bond donors (Lipinski definition) is 1. The number of para-hydroxylation sites is 1. The number of hydrazine groups is 1. The van der Waals surface area contributed by atoms with Crippen LogP contribution in [-0.2, 0) is 16.2 Å². The maximum absolute atomic E-state index is 12.9. The first kappa shape index (κ1) is 22.5. The topological polar surface area (TPSA) is 102 Å². The van der Waals surface area contributed by atoms with Gasteiger partial charge in [0.2, 0.25) is 0 Å². The fourth-order valence-corrected chi connectivity index (χ4v) is 4.18. The lowest BCUT2D eigenvalue weighted by Crippen LogP contribution is -2.35. The molecule has 4 rings (SSSR count). The largest absolute Gasteiger partial charge is 0.487 e. The van der Waals surface area contributed by atoms with Crippen molar-refractivity contribution < 1.29 is 19.2 Å². The zero-order chi connectivity index (χ0) is 23.5. The average Bonchev–Trinajstić information content (AvgIpc) is 3.07. The van der Waals surface area contributed by atoms with Gasteiger partial charge in [-0.1, -0.05) is 41.9 Å². The van der Waals surface area contributed by atoms with Crippen LogP contribution in [0.2, 0.25) is 5.02 Å². The van der Waals surface area contributed by atoms with Crippen molar-refractivity contribution in [2.45, 2.75) is 6.61 Å². The summed E-state index contributed by atoms with van der Waals surface area (Å²) in [4.78, 5) is 36.0. The third kappa shape index (κ3) is 4.89. The molecule has 3 aromatic carbocycles. The monoisotopic (exact) mass is 527 g/mol. The summed E-state index contributed by atoms with van der Waals surface area (Å²) in [6.45, 7) is 0.0222. The zero-order valence-corrected chi connectivity index (χ0v) is 19.2. The molecule has 2 amide bonds. The molecule has 1 saturated heterocycles. The Kier molecular flexibility index (Phi) is 6.43. The molecular formula is C23H15BrClN3O5. The van der Waals surface area contributed by atoms with Crippen LogP contribution >= 0.6 is 27.5 Å². The molecule has 1 heterocycles. The number of carbonyl (C=O) groups is 2. The number of anilines is 1. The van der Waals surface area contributed by atoms with Crippen molar-refractivity contribution in [2.75, 3.05) is 5.01 Å². The Morgan fingerprint density at radius 1 is 1.09 bits per heavy atom. The van der Waals surface area contributed by atoms with E-state index in [-0.39, 0.29) is 17.9 Å². The predicted octanol–water partition coefficient (Wildman–Crippen LogP) is 5.05. The summed E-state index contributed by atoms with van der Waals surface area (Å²) < 4.78 is 6.40. The standard InChI is InChI=1S/C23H15BrClN3O5/c24-20-12-16(25)10-15(21(20)33-13-14-5-4-8-18(9-14)28(31)32)11-19-22(29)26-27(23(19)30)17-6-2-1-3-7-17/h1-12H,13H2,(H,26,29)/b19-11-. The van der Waals surface area contributed by atoms with Gasteiger partial charge >= 0.3 is 0 Å². The maximum atomic E-state index is 12.9. The number of nitro groups is 1. The Morgan fingerprint density at radius 3 is 2.58 bits per heavy atom.